The third kappa shape index (κ3) is 3.07. The van der Waals surface area contributed by atoms with E-state index in [-0.39, 0.29) is 5.02 Å². The van der Waals surface area contributed by atoms with E-state index in [0.717, 1.165) is 5.57 Å². The minimum absolute atomic E-state index is 0.0997. The molecule has 3 heteroatoms. The molecule has 1 aromatic rings. The smallest absolute Gasteiger partial charge is 0.145 e. The van der Waals surface area contributed by atoms with Crippen LogP contribution in [0, 0.1) is 5.82 Å². The quantitative estimate of drug-likeness (QED) is 0.680. The molecule has 0 saturated heterocycles. The van der Waals surface area contributed by atoms with Gasteiger partial charge in [-0.15, -0.1) is 0 Å². The number of halogens is 2. The van der Waals surface area contributed by atoms with Crippen molar-refractivity contribution in [1.82, 2.24) is 0 Å². The van der Waals surface area contributed by atoms with E-state index < -0.39 is 5.82 Å². The lowest BCUT2D eigenvalue weighted by Crippen LogP contribution is -1.97. The normalized spacial score (nSPS) is 9.77. The van der Waals surface area contributed by atoms with Crippen LogP contribution in [0.5, 0.6) is 5.75 Å². The summed E-state index contributed by atoms with van der Waals surface area (Å²) in [5, 5.41) is 0.0997. The lowest BCUT2D eigenvalue weighted by atomic mass is 10.3. The van der Waals surface area contributed by atoms with Gasteiger partial charge in [0.2, 0.25) is 0 Å². The monoisotopic (exact) mass is 200 g/mol. The maximum absolute atomic E-state index is 12.9. The molecule has 0 aliphatic carbocycles. The number of hydrogen-bond acceptors (Lipinski definition) is 1. The van der Waals surface area contributed by atoms with E-state index in [2.05, 4.69) is 6.58 Å². The molecule has 0 atom stereocenters. The summed E-state index contributed by atoms with van der Waals surface area (Å²) >= 11 is 5.50. The Labute approximate surface area is 81.8 Å². The summed E-state index contributed by atoms with van der Waals surface area (Å²) in [5.74, 6) is -0.00854. The van der Waals surface area contributed by atoms with Crippen molar-refractivity contribution in [2.75, 3.05) is 6.61 Å². The van der Waals surface area contributed by atoms with Crippen LogP contribution in [0.3, 0.4) is 0 Å². The fraction of sp³-hybridized carbons (Fsp3) is 0.200. The molecule has 1 nitrogen and oxygen atoms in total. The average Bonchev–Trinajstić information content (AvgIpc) is 2.07. The molecule has 0 amide bonds. The van der Waals surface area contributed by atoms with Crippen molar-refractivity contribution in [2.45, 2.75) is 6.92 Å². The molecular weight excluding hydrogens is 191 g/mol. The Kier molecular flexibility index (Phi) is 3.32. The van der Waals surface area contributed by atoms with E-state index >= 15 is 0 Å². The topological polar surface area (TPSA) is 9.23 Å². The molecule has 0 unspecified atom stereocenters. The highest BCUT2D eigenvalue weighted by Crippen LogP contribution is 2.20. The minimum Gasteiger partial charge on any atom is -0.489 e. The molecule has 0 radical (unpaired) electrons. The van der Waals surface area contributed by atoms with Gasteiger partial charge in [0.25, 0.3) is 0 Å². The zero-order chi connectivity index (χ0) is 9.84. The van der Waals surface area contributed by atoms with Crippen LogP contribution < -0.4 is 4.74 Å². The Balaban J connectivity index is 2.68. The molecule has 0 bridgehead atoms. The van der Waals surface area contributed by atoms with Gasteiger partial charge in [-0.25, -0.2) is 4.39 Å². The van der Waals surface area contributed by atoms with Gasteiger partial charge in [0.1, 0.15) is 18.2 Å². The molecule has 1 aromatic carbocycles. The fourth-order valence-corrected chi connectivity index (χ4v) is 0.891. The molecule has 70 valence electrons. The Morgan fingerprint density at radius 2 is 2.31 bits per heavy atom. The summed E-state index contributed by atoms with van der Waals surface area (Å²) in [5.41, 5.74) is 0.885. The first-order chi connectivity index (χ1) is 6.09. The molecule has 0 aromatic heterocycles. The van der Waals surface area contributed by atoms with Gasteiger partial charge in [-0.2, -0.15) is 0 Å². The van der Waals surface area contributed by atoms with E-state index in [0.29, 0.717) is 12.4 Å². The van der Waals surface area contributed by atoms with Gasteiger partial charge >= 0.3 is 0 Å². The second-order valence-electron chi connectivity index (χ2n) is 2.82. The number of benzene rings is 1. The first-order valence-electron chi connectivity index (χ1n) is 3.82. The van der Waals surface area contributed by atoms with Crippen LogP contribution in [-0.2, 0) is 0 Å². The van der Waals surface area contributed by atoms with Crippen molar-refractivity contribution >= 4 is 11.6 Å². The Morgan fingerprint density at radius 3 is 2.85 bits per heavy atom. The van der Waals surface area contributed by atoms with Crippen LogP contribution in [0.2, 0.25) is 5.02 Å². The van der Waals surface area contributed by atoms with Crippen molar-refractivity contribution in [2.24, 2.45) is 0 Å². The largest absolute Gasteiger partial charge is 0.489 e. The van der Waals surface area contributed by atoms with Crippen molar-refractivity contribution in [3.05, 3.63) is 41.2 Å². The third-order valence-electron chi connectivity index (χ3n) is 1.38. The lowest BCUT2D eigenvalue weighted by molar-refractivity contribution is 0.350. The Morgan fingerprint density at radius 1 is 1.62 bits per heavy atom. The molecule has 13 heavy (non-hydrogen) atoms. The van der Waals surface area contributed by atoms with E-state index in [1.807, 2.05) is 6.92 Å². The summed E-state index contributed by atoms with van der Waals surface area (Å²) in [4.78, 5) is 0. The lowest BCUT2D eigenvalue weighted by Gasteiger charge is -2.05. The predicted molar refractivity (Wildman–Crippen MR) is 51.7 cm³/mol. The molecule has 0 aliphatic rings. The van der Waals surface area contributed by atoms with Crippen molar-refractivity contribution < 1.29 is 9.13 Å². The fourth-order valence-electron chi connectivity index (χ4n) is 0.773. The van der Waals surface area contributed by atoms with Crippen LogP contribution in [0.1, 0.15) is 6.92 Å². The number of ether oxygens (including phenoxy) is 1. The highest BCUT2D eigenvalue weighted by molar-refractivity contribution is 6.30. The average molecular weight is 201 g/mol. The van der Waals surface area contributed by atoms with E-state index in [9.17, 15) is 4.39 Å². The van der Waals surface area contributed by atoms with Crippen LogP contribution >= 0.6 is 11.6 Å². The minimum atomic E-state index is -0.471. The standard InChI is InChI=1S/C10H10ClFO/c1-7(2)6-13-8-3-4-9(11)10(12)5-8/h3-5H,1,6H2,2H3. The van der Waals surface area contributed by atoms with Crippen molar-refractivity contribution in [3.8, 4) is 5.75 Å². The van der Waals surface area contributed by atoms with Gasteiger partial charge < -0.3 is 4.74 Å². The first-order valence-corrected chi connectivity index (χ1v) is 4.19. The van der Waals surface area contributed by atoms with Crippen molar-refractivity contribution in [1.29, 1.82) is 0 Å². The predicted octanol–water partition coefficient (Wildman–Crippen LogP) is 3.43. The maximum atomic E-state index is 12.9. The van der Waals surface area contributed by atoms with Crippen molar-refractivity contribution in [3.63, 3.8) is 0 Å². The van der Waals surface area contributed by atoms with Crippen LogP contribution in [-0.4, -0.2) is 6.61 Å². The van der Waals surface area contributed by atoms with E-state index in [1.54, 1.807) is 6.07 Å². The molecule has 0 N–H and O–H groups in total. The third-order valence-corrected chi connectivity index (χ3v) is 1.68. The second kappa shape index (κ2) is 4.28. The summed E-state index contributed by atoms with van der Waals surface area (Å²) in [6, 6.07) is 4.34. The summed E-state index contributed by atoms with van der Waals surface area (Å²) < 4.78 is 18.1. The molecular formula is C10H10ClFO. The molecule has 0 saturated carbocycles. The Hall–Kier alpha value is -1.02. The number of rotatable bonds is 3. The first kappa shape index (κ1) is 10.1. The van der Waals surface area contributed by atoms with Gasteiger partial charge in [0.05, 0.1) is 5.02 Å². The SMILES string of the molecule is C=C(C)COc1ccc(Cl)c(F)c1. The number of hydrogen-bond donors (Lipinski definition) is 0. The highest BCUT2D eigenvalue weighted by atomic mass is 35.5. The summed E-state index contributed by atoms with van der Waals surface area (Å²) in [7, 11) is 0. The van der Waals surface area contributed by atoms with Crippen LogP contribution in [0.15, 0.2) is 30.4 Å². The van der Waals surface area contributed by atoms with Gasteiger partial charge in [-0.1, -0.05) is 18.2 Å². The summed E-state index contributed by atoms with van der Waals surface area (Å²) in [6.45, 7) is 5.89. The van der Waals surface area contributed by atoms with E-state index in [1.165, 1.54) is 12.1 Å². The zero-order valence-electron chi connectivity index (χ0n) is 7.31. The zero-order valence-corrected chi connectivity index (χ0v) is 8.07. The van der Waals surface area contributed by atoms with Crippen LogP contribution in [0.25, 0.3) is 0 Å². The maximum Gasteiger partial charge on any atom is 0.145 e. The molecule has 0 spiro atoms. The molecule has 1 rings (SSSR count). The van der Waals surface area contributed by atoms with Gasteiger partial charge in [-0.05, 0) is 24.6 Å². The molecule has 0 aliphatic heterocycles. The summed E-state index contributed by atoms with van der Waals surface area (Å²) in [6.07, 6.45) is 0. The molecule has 0 heterocycles. The van der Waals surface area contributed by atoms with Gasteiger partial charge in [-0.3, -0.25) is 0 Å². The second-order valence-corrected chi connectivity index (χ2v) is 3.23. The Bertz CT molecular complexity index is 323. The molecule has 0 fully saturated rings. The van der Waals surface area contributed by atoms with E-state index in [4.69, 9.17) is 16.3 Å². The van der Waals surface area contributed by atoms with Crippen LogP contribution in [0.4, 0.5) is 4.39 Å². The van der Waals surface area contributed by atoms with Gasteiger partial charge in [0, 0.05) is 6.07 Å². The highest BCUT2D eigenvalue weighted by Gasteiger charge is 2.01. The van der Waals surface area contributed by atoms with Gasteiger partial charge in [0.15, 0.2) is 0 Å².